The zero-order valence-corrected chi connectivity index (χ0v) is 17.7. The monoisotopic (exact) mass is 418 g/mol. The quantitative estimate of drug-likeness (QED) is 0.632. The van der Waals surface area contributed by atoms with Crippen LogP contribution in [-0.4, -0.2) is 44.3 Å². The second-order valence-corrected chi connectivity index (χ2v) is 8.23. The standard InChI is InChI=1S/C21H26N2O5S/c1-4-16-8-7-9-18(14-16)22-20(24)15-28-21(25)17-10-12-19(13-11-17)29(26,27)23(5-2)6-3/h7-14H,4-6,15H2,1-3H3,(H,22,24). The number of carbonyl (C=O) groups excluding carboxylic acids is 2. The summed E-state index contributed by atoms with van der Waals surface area (Å²) in [6, 6.07) is 12.9. The lowest BCUT2D eigenvalue weighted by Gasteiger charge is -2.18. The van der Waals surface area contributed by atoms with E-state index in [-0.39, 0.29) is 10.5 Å². The second-order valence-electron chi connectivity index (χ2n) is 6.29. The molecule has 0 aliphatic rings. The minimum Gasteiger partial charge on any atom is -0.452 e. The summed E-state index contributed by atoms with van der Waals surface area (Å²) >= 11 is 0. The number of esters is 1. The summed E-state index contributed by atoms with van der Waals surface area (Å²) in [4.78, 5) is 24.3. The van der Waals surface area contributed by atoms with Gasteiger partial charge in [0, 0.05) is 18.8 Å². The summed E-state index contributed by atoms with van der Waals surface area (Å²) in [6.45, 7) is 5.82. The Morgan fingerprint density at radius 2 is 1.66 bits per heavy atom. The normalized spacial score (nSPS) is 11.3. The summed E-state index contributed by atoms with van der Waals surface area (Å²) in [5, 5.41) is 2.68. The third-order valence-corrected chi connectivity index (χ3v) is 6.45. The molecular weight excluding hydrogens is 392 g/mol. The highest BCUT2D eigenvalue weighted by atomic mass is 32.2. The maximum Gasteiger partial charge on any atom is 0.338 e. The van der Waals surface area contributed by atoms with Crippen molar-refractivity contribution in [2.75, 3.05) is 25.0 Å². The van der Waals surface area contributed by atoms with Crippen molar-refractivity contribution < 1.29 is 22.7 Å². The Morgan fingerprint density at radius 3 is 2.24 bits per heavy atom. The summed E-state index contributed by atoms with van der Waals surface area (Å²) in [7, 11) is -3.59. The molecule has 0 aliphatic carbocycles. The Bertz CT molecular complexity index is 951. The smallest absolute Gasteiger partial charge is 0.338 e. The average molecular weight is 419 g/mol. The van der Waals surface area contributed by atoms with Crippen molar-refractivity contribution in [1.82, 2.24) is 4.31 Å². The molecule has 0 spiro atoms. The number of carbonyl (C=O) groups is 2. The Hall–Kier alpha value is -2.71. The van der Waals surface area contributed by atoms with Crippen molar-refractivity contribution in [3.8, 4) is 0 Å². The first-order valence-electron chi connectivity index (χ1n) is 9.47. The fourth-order valence-corrected chi connectivity index (χ4v) is 4.21. The van der Waals surface area contributed by atoms with Crippen LogP contribution >= 0.6 is 0 Å². The van der Waals surface area contributed by atoms with Gasteiger partial charge in [0.15, 0.2) is 6.61 Å². The van der Waals surface area contributed by atoms with Gasteiger partial charge >= 0.3 is 5.97 Å². The van der Waals surface area contributed by atoms with Crippen LogP contribution in [0, 0.1) is 0 Å². The molecule has 8 heteroatoms. The molecule has 2 aromatic rings. The van der Waals surface area contributed by atoms with Gasteiger partial charge in [-0.05, 0) is 48.4 Å². The molecule has 1 amide bonds. The van der Waals surface area contributed by atoms with Crippen molar-refractivity contribution in [3.63, 3.8) is 0 Å². The average Bonchev–Trinajstić information content (AvgIpc) is 2.73. The lowest BCUT2D eigenvalue weighted by molar-refractivity contribution is -0.119. The minimum atomic E-state index is -3.59. The predicted molar refractivity (Wildman–Crippen MR) is 111 cm³/mol. The van der Waals surface area contributed by atoms with E-state index in [9.17, 15) is 18.0 Å². The first kappa shape index (κ1) is 22.6. The van der Waals surface area contributed by atoms with Crippen LogP contribution in [0.5, 0.6) is 0 Å². The highest BCUT2D eigenvalue weighted by Gasteiger charge is 2.22. The number of aryl methyl sites for hydroxylation is 1. The van der Waals surface area contributed by atoms with E-state index < -0.39 is 28.5 Å². The number of anilines is 1. The largest absolute Gasteiger partial charge is 0.452 e. The molecule has 0 aromatic heterocycles. The third kappa shape index (κ3) is 5.88. The highest BCUT2D eigenvalue weighted by Crippen LogP contribution is 2.17. The number of amides is 1. The maximum absolute atomic E-state index is 12.5. The number of benzene rings is 2. The molecule has 0 unspecified atom stereocenters. The molecule has 7 nitrogen and oxygen atoms in total. The Labute approximate surface area is 171 Å². The number of nitrogens with one attached hydrogen (secondary N) is 1. The molecule has 0 saturated heterocycles. The predicted octanol–water partition coefficient (Wildman–Crippen LogP) is 3.08. The number of hydrogen-bond donors (Lipinski definition) is 1. The Kier molecular flexibility index (Phi) is 7.92. The van der Waals surface area contributed by atoms with Crippen LogP contribution < -0.4 is 5.32 Å². The van der Waals surface area contributed by atoms with Gasteiger partial charge in [-0.3, -0.25) is 4.79 Å². The SMILES string of the molecule is CCc1cccc(NC(=O)COC(=O)c2ccc(S(=O)(=O)N(CC)CC)cc2)c1. The van der Waals surface area contributed by atoms with Crippen molar-refractivity contribution >= 4 is 27.6 Å². The van der Waals surface area contributed by atoms with Crippen LogP contribution in [-0.2, 0) is 26.0 Å². The van der Waals surface area contributed by atoms with Gasteiger partial charge in [0.25, 0.3) is 5.91 Å². The van der Waals surface area contributed by atoms with Gasteiger partial charge in [-0.2, -0.15) is 4.31 Å². The van der Waals surface area contributed by atoms with E-state index in [2.05, 4.69) is 5.32 Å². The van der Waals surface area contributed by atoms with Crippen LogP contribution in [0.1, 0.15) is 36.7 Å². The molecule has 156 valence electrons. The molecule has 1 N–H and O–H groups in total. The van der Waals surface area contributed by atoms with Gasteiger partial charge in [0.2, 0.25) is 10.0 Å². The maximum atomic E-state index is 12.5. The van der Waals surface area contributed by atoms with E-state index >= 15 is 0 Å². The van der Waals surface area contributed by atoms with Gasteiger partial charge < -0.3 is 10.1 Å². The van der Waals surface area contributed by atoms with Gasteiger partial charge in [0.05, 0.1) is 10.5 Å². The molecule has 0 fully saturated rings. The molecule has 0 bridgehead atoms. The Morgan fingerprint density at radius 1 is 1.00 bits per heavy atom. The summed E-state index contributed by atoms with van der Waals surface area (Å²) in [6.07, 6.45) is 0.846. The fourth-order valence-electron chi connectivity index (χ4n) is 2.76. The molecular formula is C21H26N2O5S. The fraction of sp³-hybridized carbons (Fsp3) is 0.333. The van der Waals surface area contributed by atoms with E-state index in [1.54, 1.807) is 19.9 Å². The van der Waals surface area contributed by atoms with Crippen LogP contribution in [0.3, 0.4) is 0 Å². The Balaban J connectivity index is 1.96. The van der Waals surface area contributed by atoms with Crippen molar-refractivity contribution in [2.45, 2.75) is 32.1 Å². The molecule has 0 heterocycles. The van der Waals surface area contributed by atoms with E-state index in [1.165, 1.54) is 28.6 Å². The molecule has 2 rings (SSSR count). The van der Waals surface area contributed by atoms with Crippen molar-refractivity contribution in [2.24, 2.45) is 0 Å². The summed E-state index contributed by atoms with van der Waals surface area (Å²) < 4.78 is 31.3. The molecule has 0 aliphatic heterocycles. The van der Waals surface area contributed by atoms with Crippen LogP contribution in [0.25, 0.3) is 0 Å². The van der Waals surface area contributed by atoms with Crippen molar-refractivity contribution in [1.29, 1.82) is 0 Å². The minimum absolute atomic E-state index is 0.103. The number of rotatable bonds is 9. The van der Waals surface area contributed by atoms with Gasteiger partial charge in [-0.25, -0.2) is 13.2 Å². The summed E-state index contributed by atoms with van der Waals surface area (Å²) in [5.41, 5.74) is 1.89. The summed E-state index contributed by atoms with van der Waals surface area (Å²) in [5.74, 6) is -1.15. The number of ether oxygens (including phenoxy) is 1. The highest BCUT2D eigenvalue weighted by molar-refractivity contribution is 7.89. The molecule has 2 aromatic carbocycles. The number of hydrogen-bond acceptors (Lipinski definition) is 5. The van der Waals surface area contributed by atoms with Gasteiger partial charge in [-0.15, -0.1) is 0 Å². The molecule has 0 radical (unpaired) electrons. The van der Waals surface area contributed by atoms with Crippen molar-refractivity contribution in [3.05, 3.63) is 59.7 Å². The van der Waals surface area contributed by atoms with E-state index in [0.29, 0.717) is 18.8 Å². The van der Waals surface area contributed by atoms with E-state index in [1.807, 2.05) is 25.1 Å². The van der Waals surface area contributed by atoms with Crippen LogP contribution in [0.15, 0.2) is 53.4 Å². The zero-order chi connectivity index (χ0) is 21.4. The van der Waals surface area contributed by atoms with Gasteiger partial charge in [-0.1, -0.05) is 32.9 Å². The first-order valence-corrected chi connectivity index (χ1v) is 10.9. The molecule has 0 atom stereocenters. The van der Waals surface area contributed by atoms with Gasteiger partial charge in [0.1, 0.15) is 0 Å². The van der Waals surface area contributed by atoms with E-state index in [4.69, 9.17) is 4.74 Å². The lowest BCUT2D eigenvalue weighted by atomic mass is 10.1. The van der Waals surface area contributed by atoms with Crippen LogP contribution in [0.2, 0.25) is 0 Å². The molecule has 0 saturated carbocycles. The number of nitrogens with zero attached hydrogens (tertiary/aromatic N) is 1. The first-order chi connectivity index (χ1) is 13.8. The second kappa shape index (κ2) is 10.2. The zero-order valence-electron chi connectivity index (χ0n) is 16.8. The molecule has 29 heavy (non-hydrogen) atoms. The van der Waals surface area contributed by atoms with Crippen LogP contribution in [0.4, 0.5) is 5.69 Å². The topological polar surface area (TPSA) is 92.8 Å². The number of sulfonamides is 1. The lowest BCUT2D eigenvalue weighted by Crippen LogP contribution is -2.30. The third-order valence-electron chi connectivity index (χ3n) is 4.39. The van der Waals surface area contributed by atoms with E-state index in [0.717, 1.165) is 12.0 Å².